The fourth-order valence-electron chi connectivity index (χ4n) is 2.04. The maximum Gasteiger partial charge on any atom is 0.409 e. The highest BCUT2D eigenvalue weighted by Gasteiger charge is 2.21. The van der Waals surface area contributed by atoms with Crippen LogP contribution in [0.3, 0.4) is 0 Å². The van der Waals surface area contributed by atoms with Gasteiger partial charge in [-0.05, 0) is 24.7 Å². The number of rotatable bonds is 5. The van der Waals surface area contributed by atoms with Crippen LogP contribution < -0.4 is 0 Å². The van der Waals surface area contributed by atoms with Crippen LogP contribution in [-0.4, -0.2) is 49.2 Å². The van der Waals surface area contributed by atoms with Gasteiger partial charge in [0.1, 0.15) is 6.61 Å². The maximum atomic E-state index is 11.3. The first-order valence-corrected chi connectivity index (χ1v) is 7.18. The normalized spacial score (nSPS) is 14.5. The molecule has 0 spiro atoms. The Kier molecular flexibility index (Phi) is 4.99. The van der Waals surface area contributed by atoms with Crippen molar-refractivity contribution in [3.63, 3.8) is 0 Å². The Bertz CT molecular complexity index is 542. The van der Waals surface area contributed by atoms with Gasteiger partial charge >= 0.3 is 6.09 Å². The summed E-state index contributed by atoms with van der Waals surface area (Å²) in [5.41, 5.74) is 1.76. The molecular weight excluding hydrogens is 322 g/mol. The molecule has 5 nitrogen and oxygen atoms in total. The molecule has 0 bridgehead atoms. The van der Waals surface area contributed by atoms with E-state index in [0.29, 0.717) is 25.3 Å². The lowest BCUT2D eigenvalue weighted by Crippen LogP contribution is -2.33. The molecule has 2 rings (SSSR count). The fraction of sp³-hybridized carbons (Fsp3) is 0.429. The molecule has 0 saturated carbocycles. The van der Waals surface area contributed by atoms with E-state index in [4.69, 9.17) is 10.00 Å². The van der Waals surface area contributed by atoms with Gasteiger partial charge in [0.25, 0.3) is 0 Å². The highest BCUT2D eigenvalue weighted by Crippen LogP contribution is 2.19. The van der Waals surface area contributed by atoms with E-state index in [1.54, 1.807) is 4.90 Å². The number of carbonyl (C=O) groups is 1. The van der Waals surface area contributed by atoms with Crippen molar-refractivity contribution in [3.05, 3.63) is 33.8 Å². The Morgan fingerprint density at radius 2 is 2.35 bits per heavy atom. The molecule has 106 valence electrons. The number of halogens is 1. The van der Waals surface area contributed by atoms with Crippen LogP contribution in [0.2, 0.25) is 0 Å². The molecule has 6 heteroatoms. The quantitative estimate of drug-likeness (QED) is 0.826. The number of nitrogens with zero attached hydrogens (tertiary/aromatic N) is 3. The smallest absolute Gasteiger partial charge is 0.409 e. The summed E-state index contributed by atoms with van der Waals surface area (Å²) in [6.45, 7) is 3.37. The second-order valence-corrected chi connectivity index (χ2v) is 5.61. The van der Waals surface area contributed by atoms with E-state index < -0.39 is 0 Å². The molecule has 0 aliphatic carbocycles. The van der Waals surface area contributed by atoms with Crippen LogP contribution in [-0.2, 0) is 11.3 Å². The Labute approximate surface area is 126 Å². The highest BCUT2D eigenvalue weighted by atomic mass is 79.9. The monoisotopic (exact) mass is 337 g/mol. The topological polar surface area (TPSA) is 56.6 Å². The van der Waals surface area contributed by atoms with Gasteiger partial charge in [-0.25, -0.2) is 4.79 Å². The zero-order chi connectivity index (χ0) is 14.5. The van der Waals surface area contributed by atoms with Crippen molar-refractivity contribution in [2.75, 3.05) is 33.3 Å². The number of benzene rings is 1. The second kappa shape index (κ2) is 6.73. The van der Waals surface area contributed by atoms with E-state index >= 15 is 0 Å². The third-order valence-electron chi connectivity index (χ3n) is 3.22. The van der Waals surface area contributed by atoms with Gasteiger partial charge in [0.05, 0.1) is 18.2 Å². The van der Waals surface area contributed by atoms with Crippen LogP contribution in [0.4, 0.5) is 4.79 Å². The van der Waals surface area contributed by atoms with Gasteiger partial charge in [0.2, 0.25) is 0 Å². The molecule has 1 saturated heterocycles. The maximum absolute atomic E-state index is 11.3. The van der Waals surface area contributed by atoms with Crippen LogP contribution in [0.1, 0.15) is 11.1 Å². The van der Waals surface area contributed by atoms with Crippen molar-refractivity contribution in [3.8, 4) is 6.07 Å². The Morgan fingerprint density at radius 3 is 2.95 bits per heavy atom. The van der Waals surface area contributed by atoms with Gasteiger partial charge in [-0.3, -0.25) is 0 Å². The minimum atomic E-state index is -0.224. The first-order valence-electron chi connectivity index (χ1n) is 6.39. The molecule has 1 aliphatic rings. The molecule has 1 fully saturated rings. The summed E-state index contributed by atoms with van der Waals surface area (Å²) in [5, 5.41) is 8.83. The number of nitriles is 1. The number of hydrogen-bond donors (Lipinski definition) is 0. The molecule has 0 radical (unpaired) electrons. The molecule has 0 unspecified atom stereocenters. The second-order valence-electron chi connectivity index (χ2n) is 4.76. The van der Waals surface area contributed by atoms with Crippen LogP contribution in [0.15, 0.2) is 22.7 Å². The Hall–Kier alpha value is -1.58. The van der Waals surface area contributed by atoms with E-state index in [9.17, 15) is 4.79 Å². The summed E-state index contributed by atoms with van der Waals surface area (Å²) in [7, 11) is 2.01. The molecule has 1 aromatic carbocycles. The van der Waals surface area contributed by atoms with Crippen LogP contribution >= 0.6 is 15.9 Å². The molecule has 1 amide bonds. The van der Waals surface area contributed by atoms with Crippen molar-refractivity contribution >= 4 is 22.0 Å². The lowest BCUT2D eigenvalue weighted by atomic mass is 10.1. The number of ether oxygens (including phenoxy) is 1. The number of hydrogen-bond acceptors (Lipinski definition) is 4. The van der Waals surface area contributed by atoms with Crippen molar-refractivity contribution in [1.29, 1.82) is 5.26 Å². The van der Waals surface area contributed by atoms with E-state index in [1.807, 2.05) is 25.2 Å². The molecule has 1 aromatic rings. The average molecular weight is 338 g/mol. The van der Waals surface area contributed by atoms with Gasteiger partial charge in [-0.1, -0.05) is 22.0 Å². The van der Waals surface area contributed by atoms with Gasteiger partial charge < -0.3 is 14.5 Å². The lowest BCUT2D eigenvalue weighted by Gasteiger charge is -2.20. The summed E-state index contributed by atoms with van der Waals surface area (Å²) in [4.78, 5) is 15.2. The van der Waals surface area contributed by atoms with Gasteiger partial charge in [-0.2, -0.15) is 5.26 Å². The third kappa shape index (κ3) is 3.71. The zero-order valence-electron chi connectivity index (χ0n) is 11.3. The molecule has 1 heterocycles. The summed E-state index contributed by atoms with van der Waals surface area (Å²) in [5.74, 6) is 0. The van der Waals surface area contributed by atoms with Crippen LogP contribution in [0.5, 0.6) is 0 Å². The summed E-state index contributed by atoms with van der Waals surface area (Å²) in [6, 6.07) is 7.69. The average Bonchev–Trinajstić information content (AvgIpc) is 2.84. The van der Waals surface area contributed by atoms with Crippen molar-refractivity contribution in [2.45, 2.75) is 6.54 Å². The number of likely N-dealkylation sites (N-methyl/N-ethyl adjacent to an activating group) is 1. The third-order valence-corrected chi connectivity index (χ3v) is 3.96. The number of cyclic esters (lactones) is 1. The van der Waals surface area contributed by atoms with Crippen LogP contribution in [0, 0.1) is 11.3 Å². The standard InChI is InChI=1S/C14H16BrN3O2/c1-17(4-5-18-6-7-20-14(18)19)10-12-3-2-11(9-16)8-13(12)15/h2-3,8H,4-7,10H2,1H3. The minimum absolute atomic E-state index is 0.224. The van der Waals surface area contributed by atoms with Crippen molar-refractivity contribution in [1.82, 2.24) is 9.80 Å². The molecule has 0 aromatic heterocycles. The first kappa shape index (κ1) is 14.8. The summed E-state index contributed by atoms with van der Waals surface area (Å²) in [6.07, 6.45) is -0.224. The largest absolute Gasteiger partial charge is 0.448 e. The van der Waals surface area contributed by atoms with E-state index in [1.165, 1.54) is 0 Å². The fourth-order valence-corrected chi connectivity index (χ4v) is 2.54. The van der Waals surface area contributed by atoms with E-state index in [0.717, 1.165) is 23.1 Å². The molecular formula is C14H16BrN3O2. The lowest BCUT2D eigenvalue weighted by molar-refractivity contribution is 0.155. The van der Waals surface area contributed by atoms with Crippen molar-refractivity contribution < 1.29 is 9.53 Å². The van der Waals surface area contributed by atoms with Crippen LogP contribution in [0.25, 0.3) is 0 Å². The Balaban J connectivity index is 1.86. The van der Waals surface area contributed by atoms with Crippen molar-refractivity contribution in [2.24, 2.45) is 0 Å². The predicted octanol–water partition coefficient (Wildman–Crippen LogP) is 2.20. The van der Waals surface area contributed by atoms with Gasteiger partial charge in [0, 0.05) is 24.1 Å². The summed E-state index contributed by atoms with van der Waals surface area (Å²) < 4.78 is 5.83. The molecule has 1 aliphatic heterocycles. The molecule has 0 N–H and O–H groups in total. The predicted molar refractivity (Wildman–Crippen MR) is 78.1 cm³/mol. The number of carbonyl (C=O) groups excluding carboxylic acids is 1. The minimum Gasteiger partial charge on any atom is -0.448 e. The SMILES string of the molecule is CN(CCN1CCOC1=O)Cc1ccc(C#N)cc1Br. The molecule has 0 atom stereocenters. The van der Waals surface area contributed by atoms with Gasteiger partial charge in [0.15, 0.2) is 0 Å². The van der Waals surface area contributed by atoms with Gasteiger partial charge in [-0.15, -0.1) is 0 Å². The summed E-state index contributed by atoms with van der Waals surface area (Å²) >= 11 is 3.48. The van der Waals surface area contributed by atoms with E-state index in [2.05, 4.69) is 26.9 Å². The Morgan fingerprint density at radius 1 is 1.55 bits per heavy atom. The first-order chi connectivity index (χ1) is 9.60. The number of amides is 1. The zero-order valence-corrected chi connectivity index (χ0v) is 12.9. The highest BCUT2D eigenvalue weighted by molar-refractivity contribution is 9.10. The molecule has 20 heavy (non-hydrogen) atoms. The van der Waals surface area contributed by atoms with E-state index in [-0.39, 0.29) is 6.09 Å².